The Morgan fingerprint density at radius 1 is 1.29 bits per heavy atom. The number of aromatic nitrogens is 1. The quantitative estimate of drug-likeness (QED) is 0.637. The fourth-order valence-electron chi connectivity index (χ4n) is 2.11. The minimum atomic E-state index is -0.418. The first-order valence-corrected chi connectivity index (χ1v) is 6.38. The van der Waals surface area contributed by atoms with Crippen LogP contribution >= 0.6 is 0 Å². The van der Waals surface area contributed by atoms with Crippen LogP contribution in [0, 0.1) is 36.7 Å². The number of pyridine rings is 1. The molecule has 0 bridgehead atoms. The number of aryl methyl sites for hydroxylation is 2. The van der Waals surface area contributed by atoms with Gasteiger partial charge in [-0.1, -0.05) is 0 Å². The lowest BCUT2D eigenvalue weighted by molar-refractivity contribution is -0.386. The SMILES string of the molecule is Cc1cc(F)ccc1OCc1ncc(C)c([N+](=O)[O-])c1C. The van der Waals surface area contributed by atoms with Gasteiger partial charge in [0.15, 0.2) is 0 Å². The molecule has 2 rings (SSSR count). The molecule has 110 valence electrons. The lowest BCUT2D eigenvalue weighted by Gasteiger charge is -2.11. The van der Waals surface area contributed by atoms with Crippen LogP contribution < -0.4 is 4.74 Å². The number of rotatable bonds is 4. The highest BCUT2D eigenvalue weighted by Gasteiger charge is 2.19. The van der Waals surface area contributed by atoms with Gasteiger partial charge in [-0.2, -0.15) is 0 Å². The van der Waals surface area contributed by atoms with Gasteiger partial charge in [-0.05, 0) is 44.5 Å². The fourth-order valence-corrected chi connectivity index (χ4v) is 2.11. The van der Waals surface area contributed by atoms with E-state index in [2.05, 4.69) is 4.98 Å². The topological polar surface area (TPSA) is 65.3 Å². The smallest absolute Gasteiger partial charge is 0.278 e. The van der Waals surface area contributed by atoms with Crippen molar-refractivity contribution in [3.63, 3.8) is 0 Å². The zero-order valence-corrected chi connectivity index (χ0v) is 12.0. The molecule has 6 heteroatoms. The highest BCUT2D eigenvalue weighted by atomic mass is 19.1. The molecule has 0 aliphatic heterocycles. The summed E-state index contributed by atoms with van der Waals surface area (Å²) < 4.78 is 18.6. The van der Waals surface area contributed by atoms with E-state index in [0.717, 1.165) is 0 Å². The van der Waals surface area contributed by atoms with Gasteiger partial charge in [0.05, 0.1) is 16.2 Å². The third-order valence-corrected chi connectivity index (χ3v) is 3.26. The van der Waals surface area contributed by atoms with E-state index in [1.807, 2.05) is 0 Å². The molecule has 0 aliphatic carbocycles. The molecule has 1 heterocycles. The molecule has 0 fully saturated rings. The van der Waals surface area contributed by atoms with Gasteiger partial charge in [0, 0.05) is 11.8 Å². The van der Waals surface area contributed by atoms with E-state index in [-0.39, 0.29) is 18.1 Å². The fraction of sp³-hybridized carbons (Fsp3) is 0.267. The van der Waals surface area contributed by atoms with E-state index in [4.69, 9.17) is 4.74 Å². The van der Waals surface area contributed by atoms with Crippen molar-refractivity contribution in [1.82, 2.24) is 4.98 Å². The van der Waals surface area contributed by atoms with Gasteiger partial charge in [0.1, 0.15) is 18.2 Å². The average Bonchev–Trinajstić information content (AvgIpc) is 2.39. The van der Waals surface area contributed by atoms with Gasteiger partial charge in [-0.25, -0.2) is 4.39 Å². The minimum Gasteiger partial charge on any atom is -0.487 e. The second kappa shape index (κ2) is 5.87. The molecule has 0 radical (unpaired) electrons. The number of benzene rings is 1. The summed E-state index contributed by atoms with van der Waals surface area (Å²) in [5, 5.41) is 11.1. The van der Waals surface area contributed by atoms with Crippen LogP contribution in [-0.4, -0.2) is 9.91 Å². The number of nitro groups is 1. The van der Waals surface area contributed by atoms with E-state index in [1.54, 1.807) is 20.8 Å². The predicted molar refractivity (Wildman–Crippen MR) is 75.8 cm³/mol. The van der Waals surface area contributed by atoms with Crippen molar-refractivity contribution in [2.45, 2.75) is 27.4 Å². The summed E-state index contributed by atoms with van der Waals surface area (Å²) in [6.45, 7) is 5.12. The van der Waals surface area contributed by atoms with Crippen LogP contribution in [0.25, 0.3) is 0 Å². The zero-order chi connectivity index (χ0) is 15.6. The number of halogens is 1. The van der Waals surface area contributed by atoms with Crippen molar-refractivity contribution in [1.29, 1.82) is 0 Å². The number of ether oxygens (including phenoxy) is 1. The molecule has 0 amide bonds. The molecule has 0 saturated heterocycles. The molecular formula is C15H15FN2O3. The predicted octanol–water partition coefficient (Wildman–Crippen LogP) is 3.63. The zero-order valence-electron chi connectivity index (χ0n) is 12.0. The van der Waals surface area contributed by atoms with Crippen LogP contribution in [0.15, 0.2) is 24.4 Å². The Hall–Kier alpha value is -2.50. The number of nitrogens with zero attached hydrogens (tertiary/aromatic N) is 2. The van der Waals surface area contributed by atoms with E-state index in [9.17, 15) is 14.5 Å². The van der Waals surface area contributed by atoms with E-state index >= 15 is 0 Å². The molecule has 1 aromatic heterocycles. The third-order valence-electron chi connectivity index (χ3n) is 3.26. The Kier molecular flexibility index (Phi) is 4.16. The van der Waals surface area contributed by atoms with E-state index in [0.29, 0.717) is 28.1 Å². The Morgan fingerprint density at radius 3 is 2.62 bits per heavy atom. The first kappa shape index (κ1) is 14.9. The van der Waals surface area contributed by atoms with Crippen molar-refractivity contribution in [2.75, 3.05) is 0 Å². The Bertz CT molecular complexity index is 702. The van der Waals surface area contributed by atoms with Crippen LogP contribution in [0.2, 0.25) is 0 Å². The van der Waals surface area contributed by atoms with Gasteiger partial charge < -0.3 is 4.74 Å². The molecule has 0 atom stereocenters. The third kappa shape index (κ3) is 3.16. The average molecular weight is 290 g/mol. The maximum Gasteiger partial charge on any atom is 0.278 e. The highest BCUT2D eigenvalue weighted by Crippen LogP contribution is 2.25. The second-order valence-corrected chi connectivity index (χ2v) is 4.82. The molecule has 1 aromatic carbocycles. The molecule has 5 nitrogen and oxygen atoms in total. The summed E-state index contributed by atoms with van der Waals surface area (Å²) in [5.41, 5.74) is 2.21. The minimum absolute atomic E-state index is 0.0550. The first-order chi connectivity index (χ1) is 9.90. The number of hydrogen-bond acceptors (Lipinski definition) is 4. The molecule has 21 heavy (non-hydrogen) atoms. The lowest BCUT2D eigenvalue weighted by Crippen LogP contribution is -2.06. The Labute approximate surface area is 121 Å². The van der Waals surface area contributed by atoms with Gasteiger partial charge in [0.25, 0.3) is 5.69 Å². The van der Waals surface area contributed by atoms with Crippen molar-refractivity contribution in [3.8, 4) is 5.75 Å². The largest absolute Gasteiger partial charge is 0.487 e. The summed E-state index contributed by atoms with van der Waals surface area (Å²) in [6.07, 6.45) is 1.46. The maximum atomic E-state index is 13.0. The molecule has 0 aliphatic rings. The number of hydrogen-bond donors (Lipinski definition) is 0. The summed E-state index contributed by atoms with van der Waals surface area (Å²) in [4.78, 5) is 14.8. The van der Waals surface area contributed by atoms with Gasteiger partial charge >= 0.3 is 0 Å². The van der Waals surface area contributed by atoms with Crippen LogP contribution in [0.1, 0.15) is 22.4 Å². The van der Waals surface area contributed by atoms with Crippen LogP contribution in [-0.2, 0) is 6.61 Å². The van der Waals surface area contributed by atoms with Crippen LogP contribution in [0.3, 0.4) is 0 Å². The first-order valence-electron chi connectivity index (χ1n) is 6.38. The summed E-state index contributed by atoms with van der Waals surface area (Å²) >= 11 is 0. The normalized spacial score (nSPS) is 10.5. The van der Waals surface area contributed by atoms with Crippen molar-refractivity contribution in [3.05, 3.63) is 62.7 Å². The van der Waals surface area contributed by atoms with Crippen molar-refractivity contribution >= 4 is 5.69 Å². The summed E-state index contributed by atoms with van der Waals surface area (Å²) in [5.74, 6) is 0.195. The van der Waals surface area contributed by atoms with Crippen LogP contribution in [0.4, 0.5) is 10.1 Å². The molecule has 0 spiro atoms. The highest BCUT2D eigenvalue weighted by molar-refractivity contribution is 5.47. The maximum absolute atomic E-state index is 13.0. The molecule has 0 unspecified atom stereocenters. The summed E-state index contributed by atoms with van der Waals surface area (Å²) in [7, 11) is 0. The Balaban J connectivity index is 2.24. The van der Waals surface area contributed by atoms with E-state index < -0.39 is 4.92 Å². The molecular weight excluding hydrogens is 275 g/mol. The second-order valence-electron chi connectivity index (χ2n) is 4.82. The van der Waals surface area contributed by atoms with Crippen molar-refractivity contribution < 1.29 is 14.1 Å². The van der Waals surface area contributed by atoms with Gasteiger partial charge in [0.2, 0.25) is 0 Å². The molecule has 0 N–H and O–H groups in total. The summed E-state index contributed by atoms with van der Waals surface area (Å²) in [6, 6.07) is 4.20. The van der Waals surface area contributed by atoms with Crippen molar-refractivity contribution in [2.24, 2.45) is 0 Å². The van der Waals surface area contributed by atoms with Gasteiger partial charge in [-0.3, -0.25) is 15.1 Å². The monoisotopic (exact) mass is 290 g/mol. The lowest BCUT2D eigenvalue weighted by atomic mass is 10.1. The van der Waals surface area contributed by atoms with Crippen LogP contribution in [0.5, 0.6) is 5.75 Å². The Morgan fingerprint density at radius 2 is 2.00 bits per heavy atom. The van der Waals surface area contributed by atoms with E-state index in [1.165, 1.54) is 24.4 Å². The molecule has 0 saturated carbocycles. The van der Waals surface area contributed by atoms with Gasteiger partial charge in [-0.15, -0.1) is 0 Å². The standard InChI is InChI=1S/C15H15FN2O3/c1-9-6-12(16)4-5-14(9)21-8-13-11(3)15(18(19)20)10(2)7-17-13/h4-7H,8H2,1-3H3. The molecule has 2 aromatic rings.